The van der Waals surface area contributed by atoms with Gasteiger partial charge in [-0.05, 0) is 30.9 Å². The second-order valence-electron chi connectivity index (χ2n) is 4.43. The van der Waals surface area contributed by atoms with Crippen molar-refractivity contribution in [3.05, 3.63) is 28.8 Å². The molecule has 1 amide bonds. The highest BCUT2D eigenvalue weighted by molar-refractivity contribution is 7.98. The standard InChI is InChI=1S/C13H16ClNO2S/c1-18-10-2-3-12(14)11(6-10)13(17)15-5-4-9(7-15)8-16/h2-3,6,9,16H,4-5,7-8H2,1H3. The number of hydrogen-bond acceptors (Lipinski definition) is 3. The Labute approximate surface area is 116 Å². The van der Waals surface area contributed by atoms with E-state index in [1.807, 2.05) is 18.4 Å². The second kappa shape index (κ2) is 5.95. The number of likely N-dealkylation sites (tertiary alicyclic amines) is 1. The number of thioether (sulfide) groups is 1. The van der Waals surface area contributed by atoms with Gasteiger partial charge in [0.1, 0.15) is 0 Å². The number of carbonyl (C=O) groups is 1. The lowest BCUT2D eigenvalue weighted by Crippen LogP contribution is -2.29. The Hall–Kier alpha value is -0.710. The average molecular weight is 286 g/mol. The molecular formula is C13H16ClNO2S. The van der Waals surface area contributed by atoms with Crippen molar-refractivity contribution >= 4 is 29.3 Å². The van der Waals surface area contributed by atoms with Crippen LogP contribution in [0.4, 0.5) is 0 Å². The number of carbonyl (C=O) groups excluding carboxylic acids is 1. The van der Waals surface area contributed by atoms with Gasteiger partial charge in [0.05, 0.1) is 10.6 Å². The fourth-order valence-electron chi connectivity index (χ4n) is 2.13. The molecule has 98 valence electrons. The number of halogens is 1. The molecule has 5 heteroatoms. The van der Waals surface area contributed by atoms with Crippen LogP contribution in [0.2, 0.25) is 5.02 Å². The van der Waals surface area contributed by atoms with Crippen LogP contribution >= 0.6 is 23.4 Å². The van der Waals surface area contributed by atoms with Crippen LogP contribution < -0.4 is 0 Å². The molecule has 0 bridgehead atoms. The zero-order valence-electron chi connectivity index (χ0n) is 10.2. The number of hydrogen-bond donors (Lipinski definition) is 1. The molecule has 1 aliphatic rings. The van der Waals surface area contributed by atoms with E-state index in [9.17, 15) is 4.79 Å². The SMILES string of the molecule is CSc1ccc(Cl)c(C(=O)N2CCC(CO)C2)c1. The van der Waals surface area contributed by atoms with E-state index in [0.717, 1.165) is 11.3 Å². The van der Waals surface area contributed by atoms with E-state index in [0.29, 0.717) is 23.7 Å². The van der Waals surface area contributed by atoms with E-state index >= 15 is 0 Å². The maximum Gasteiger partial charge on any atom is 0.255 e. The van der Waals surface area contributed by atoms with Gasteiger partial charge in [0.15, 0.2) is 0 Å². The highest BCUT2D eigenvalue weighted by Gasteiger charge is 2.27. The summed E-state index contributed by atoms with van der Waals surface area (Å²) in [5.41, 5.74) is 0.558. The van der Waals surface area contributed by atoms with Gasteiger partial charge in [-0.1, -0.05) is 11.6 Å². The van der Waals surface area contributed by atoms with Crippen LogP contribution in [0.3, 0.4) is 0 Å². The second-order valence-corrected chi connectivity index (χ2v) is 5.72. The molecule has 1 heterocycles. The van der Waals surface area contributed by atoms with E-state index in [1.54, 1.807) is 22.7 Å². The predicted octanol–water partition coefficient (Wildman–Crippen LogP) is 2.52. The lowest BCUT2D eigenvalue weighted by atomic mass is 10.1. The van der Waals surface area contributed by atoms with Crippen molar-refractivity contribution < 1.29 is 9.90 Å². The van der Waals surface area contributed by atoms with E-state index < -0.39 is 0 Å². The molecule has 1 N–H and O–H groups in total. The lowest BCUT2D eigenvalue weighted by molar-refractivity contribution is 0.0782. The van der Waals surface area contributed by atoms with E-state index in [4.69, 9.17) is 16.7 Å². The third kappa shape index (κ3) is 2.82. The molecule has 0 saturated carbocycles. The van der Waals surface area contributed by atoms with Crippen LogP contribution in [0.15, 0.2) is 23.1 Å². The molecule has 18 heavy (non-hydrogen) atoms. The fraction of sp³-hybridized carbons (Fsp3) is 0.462. The van der Waals surface area contributed by atoms with Crippen LogP contribution in [0.5, 0.6) is 0 Å². The monoisotopic (exact) mass is 285 g/mol. The summed E-state index contributed by atoms with van der Waals surface area (Å²) in [7, 11) is 0. The minimum Gasteiger partial charge on any atom is -0.396 e. The maximum absolute atomic E-state index is 12.3. The van der Waals surface area contributed by atoms with Crippen molar-refractivity contribution in [3.63, 3.8) is 0 Å². The third-order valence-electron chi connectivity index (χ3n) is 3.24. The largest absolute Gasteiger partial charge is 0.396 e. The number of amides is 1. The molecule has 0 spiro atoms. The van der Waals surface area contributed by atoms with Gasteiger partial charge in [-0.3, -0.25) is 4.79 Å². The molecule has 0 aromatic heterocycles. The minimum absolute atomic E-state index is 0.0353. The van der Waals surface area contributed by atoms with Crippen molar-refractivity contribution in [2.75, 3.05) is 26.0 Å². The van der Waals surface area contributed by atoms with Crippen LogP contribution in [0, 0.1) is 5.92 Å². The predicted molar refractivity (Wildman–Crippen MR) is 74.3 cm³/mol. The summed E-state index contributed by atoms with van der Waals surface area (Å²) in [5, 5.41) is 9.60. The zero-order valence-corrected chi connectivity index (χ0v) is 11.8. The summed E-state index contributed by atoms with van der Waals surface area (Å²) in [6.45, 7) is 1.46. The first kappa shape index (κ1) is 13.7. The molecule has 1 aliphatic heterocycles. The first-order chi connectivity index (χ1) is 8.65. The molecule has 2 rings (SSSR count). The summed E-state index contributed by atoms with van der Waals surface area (Å²) in [4.78, 5) is 15.1. The number of benzene rings is 1. The van der Waals surface area contributed by atoms with Gasteiger partial charge in [-0.2, -0.15) is 0 Å². The minimum atomic E-state index is -0.0353. The summed E-state index contributed by atoms with van der Waals surface area (Å²) in [6.07, 6.45) is 2.83. The van der Waals surface area contributed by atoms with Crippen LogP contribution in [0.25, 0.3) is 0 Å². The lowest BCUT2D eigenvalue weighted by Gasteiger charge is -2.17. The number of nitrogens with zero attached hydrogens (tertiary/aromatic N) is 1. The Morgan fingerprint density at radius 1 is 1.61 bits per heavy atom. The summed E-state index contributed by atoms with van der Waals surface area (Å²) in [5.74, 6) is 0.170. The third-order valence-corrected chi connectivity index (χ3v) is 4.29. The van der Waals surface area contributed by atoms with E-state index in [2.05, 4.69) is 0 Å². The first-order valence-electron chi connectivity index (χ1n) is 5.89. The van der Waals surface area contributed by atoms with Gasteiger partial charge >= 0.3 is 0 Å². The molecule has 1 fully saturated rings. The van der Waals surface area contributed by atoms with Gasteiger partial charge in [-0.25, -0.2) is 0 Å². The average Bonchev–Trinajstić information content (AvgIpc) is 2.87. The number of rotatable bonds is 3. The van der Waals surface area contributed by atoms with Crippen molar-refractivity contribution in [3.8, 4) is 0 Å². The summed E-state index contributed by atoms with van der Waals surface area (Å²) >= 11 is 7.68. The Bertz CT molecular complexity index is 453. The molecule has 1 aromatic rings. The van der Waals surface area contributed by atoms with Gasteiger partial charge < -0.3 is 10.0 Å². The summed E-state index contributed by atoms with van der Waals surface area (Å²) in [6, 6.07) is 5.51. The van der Waals surface area contributed by atoms with E-state index in [1.165, 1.54) is 0 Å². The van der Waals surface area contributed by atoms with Crippen molar-refractivity contribution in [2.24, 2.45) is 5.92 Å². The van der Waals surface area contributed by atoms with Gasteiger partial charge in [0.25, 0.3) is 5.91 Å². The Kier molecular flexibility index (Phi) is 4.54. The normalized spacial score (nSPS) is 19.3. The Balaban J connectivity index is 2.18. The molecule has 1 saturated heterocycles. The van der Waals surface area contributed by atoms with Crippen LogP contribution in [-0.4, -0.2) is 41.9 Å². The van der Waals surface area contributed by atoms with Gasteiger partial charge in [0.2, 0.25) is 0 Å². The van der Waals surface area contributed by atoms with Gasteiger partial charge in [0, 0.05) is 30.5 Å². The summed E-state index contributed by atoms with van der Waals surface area (Å²) < 4.78 is 0. The Morgan fingerprint density at radius 2 is 2.39 bits per heavy atom. The Morgan fingerprint density at radius 3 is 3.00 bits per heavy atom. The maximum atomic E-state index is 12.3. The molecule has 1 atom stereocenters. The molecule has 1 unspecified atom stereocenters. The quantitative estimate of drug-likeness (QED) is 0.868. The smallest absolute Gasteiger partial charge is 0.255 e. The molecular weight excluding hydrogens is 270 g/mol. The van der Waals surface area contributed by atoms with Crippen molar-refractivity contribution in [1.82, 2.24) is 4.90 Å². The van der Waals surface area contributed by atoms with Crippen molar-refractivity contribution in [1.29, 1.82) is 0 Å². The van der Waals surface area contributed by atoms with Crippen LogP contribution in [-0.2, 0) is 0 Å². The molecule has 0 radical (unpaired) electrons. The first-order valence-corrected chi connectivity index (χ1v) is 7.49. The fourth-order valence-corrected chi connectivity index (χ4v) is 2.77. The topological polar surface area (TPSA) is 40.5 Å². The van der Waals surface area contributed by atoms with E-state index in [-0.39, 0.29) is 18.4 Å². The van der Waals surface area contributed by atoms with Crippen molar-refractivity contribution in [2.45, 2.75) is 11.3 Å². The number of aliphatic hydroxyl groups is 1. The number of aliphatic hydroxyl groups excluding tert-OH is 1. The highest BCUT2D eigenvalue weighted by Crippen LogP contribution is 2.26. The molecule has 3 nitrogen and oxygen atoms in total. The molecule has 1 aromatic carbocycles. The highest BCUT2D eigenvalue weighted by atomic mass is 35.5. The zero-order chi connectivity index (χ0) is 13.1. The van der Waals surface area contributed by atoms with Crippen LogP contribution in [0.1, 0.15) is 16.8 Å². The van der Waals surface area contributed by atoms with Gasteiger partial charge in [-0.15, -0.1) is 11.8 Å². The molecule has 0 aliphatic carbocycles.